The van der Waals surface area contributed by atoms with Gasteiger partial charge in [-0.25, -0.2) is 4.98 Å². The van der Waals surface area contributed by atoms with Crippen LogP contribution in [0.4, 0.5) is 0 Å². The molecular formula is C17H18N6O. The van der Waals surface area contributed by atoms with Crippen molar-refractivity contribution in [2.75, 3.05) is 6.54 Å². The van der Waals surface area contributed by atoms with Crippen molar-refractivity contribution in [2.45, 2.75) is 31.3 Å². The maximum atomic E-state index is 12.2. The first-order chi connectivity index (χ1) is 11.7. The molecule has 0 radical (unpaired) electrons. The second kappa shape index (κ2) is 7.04. The first-order valence-electron chi connectivity index (χ1n) is 7.80. The minimum Gasteiger partial charge on any atom is -0.352 e. The fourth-order valence-corrected chi connectivity index (χ4v) is 2.43. The maximum absolute atomic E-state index is 12.2. The average molecular weight is 322 g/mol. The topological polar surface area (TPSA) is 95.4 Å². The molecule has 0 bridgehead atoms. The number of benzene rings is 1. The number of amides is 1. The Kier molecular flexibility index (Phi) is 4.66. The lowest BCUT2D eigenvalue weighted by Gasteiger charge is -2.10. The number of H-pyrrole nitrogens is 1. The van der Waals surface area contributed by atoms with Crippen molar-refractivity contribution in [1.29, 1.82) is 0 Å². The zero-order chi connectivity index (χ0) is 16.8. The highest BCUT2D eigenvalue weighted by atomic mass is 16.1. The molecule has 24 heavy (non-hydrogen) atoms. The largest absolute Gasteiger partial charge is 0.352 e. The Balaban J connectivity index is 1.46. The van der Waals surface area contributed by atoms with Crippen molar-refractivity contribution >= 4 is 5.91 Å². The van der Waals surface area contributed by atoms with Crippen LogP contribution in [0.25, 0.3) is 0 Å². The molecule has 0 saturated carbocycles. The second-order valence-corrected chi connectivity index (χ2v) is 5.70. The third-order valence-electron chi connectivity index (χ3n) is 3.92. The third kappa shape index (κ3) is 4.04. The Bertz CT molecular complexity index is 751. The van der Waals surface area contributed by atoms with E-state index in [0.717, 1.165) is 17.8 Å². The molecule has 0 fully saturated rings. The van der Waals surface area contributed by atoms with Crippen molar-refractivity contribution in [2.24, 2.45) is 10.2 Å². The van der Waals surface area contributed by atoms with Gasteiger partial charge in [-0.3, -0.25) is 9.89 Å². The molecule has 0 saturated heterocycles. The predicted octanol–water partition coefficient (Wildman–Crippen LogP) is 2.09. The number of nitrogens with zero attached hydrogens (tertiary/aromatic N) is 4. The van der Waals surface area contributed by atoms with Crippen LogP contribution in [0.1, 0.15) is 41.0 Å². The van der Waals surface area contributed by atoms with E-state index in [1.165, 1.54) is 6.33 Å². The van der Waals surface area contributed by atoms with Gasteiger partial charge in [0, 0.05) is 37.8 Å². The summed E-state index contributed by atoms with van der Waals surface area (Å²) in [5.74, 6) is 3.28. The van der Waals surface area contributed by atoms with Crippen LogP contribution < -0.4 is 5.32 Å². The van der Waals surface area contributed by atoms with E-state index in [-0.39, 0.29) is 11.6 Å². The van der Waals surface area contributed by atoms with E-state index in [2.05, 4.69) is 36.6 Å². The maximum Gasteiger partial charge on any atom is 0.251 e. The highest BCUT2D eigenvalue weighted by Crippen LogP contribution is 2.36. The van der Waals surface area contributed by atoms with Gasteiger partial charge in [-0.05, 0) is 17.7 Å². The molecule has 1 amide bonds. The molecule has 0 atom stereocenters. The summed E-state index contributed by atoms with van der Waals surface area (Å²) in [5, 5.41) is 17.6. The molecule has 2 heterocycles. The van der Waals surface area contributed by atoms with Crippen molar-refractivity contribution in [3.63, 3.8) is 0 Å². The smallest absolute Gasteiger partial charge is 0.251 e. The molecule has 2 N–H and O–H groups in total. The van der Waals surface area contributed by atoms with Crippen LogP contribution in [0.2, 0.25) is 0 Å². The van der Waals surface area contributed by atoms with Crippen LogP contribution in [0.5, 0.6) is 0 Å². The number of nitrogens with one attached hydrogen (secondary N) is 2. The van der Waals surface area contributed by atoms with Crippen LogP contribution in [-0.4, -0.2) is 33.3 Å². The average Bonchev–Trinajstić information content (AvgIpc) is 3.18. The Morgan fingerprint density at radius 2 is 2.04 bits per heavy atom. The number of rotatable bonds is 8. The van der Waals surface area contributed by atoms with Gasteiger partial charge >= 0.3 is 0 Å². The normalized spacial score (nSPS) is 14.1. The fraction of sp³-hybridized carbons (Fsp3) is 0.353. The molecule has 0 unspecified atom stereocenters. The van der Waals surface area contributed by atoms with E-state index in [4.69, 9.17) is 6.42 Å². The lowest BCUT2D eigenvalue weighted by atomic mass is 10.0. The molecule has 1 aromatic carbocycles. The van der Waals surface area contributed by atoms with E-state index < -0.39 is 0 Å². The van der Waals surface area contributed by atoms with Gasteiger partial charge in [-0.2, -0.15) is 15.3 Å². The highest BCUT2D eigenvalue weighted by Gasteiger charge is 2.38. The molecule has 1 aromatic heterocycles. The Hall–Kier alpha value is -3.01. The van der Waals surface area contributed by atoms with Gasteiger partial charge in [0.05, 0.1) is 0 Å². The second-order valence-electron chi connectivity index (χ2n) is 5.70. The molecule has 122 valence electrons. The van der Waals surface area contributed by atoms with Gasteiger partial charge in [-0.1, -0.05) is 12.1 Å². The number of hydrogen-bond acceptors (Lipinski definition) is 5. The minimum absolute atomic E-state index is 0.103. The van der Waals surface area contributed by atoms with Gasteiger partial charge in [0.15, 0.2) is 5.66 Å². The lowest BCUT2D eigenvalue weighted by molar-refractivity contribution is 0.0952. The first kappa shape index (κ1) is 15.9. The summed E-state index contributed by atoms with van der Waals surface area (Å²) < 4.78 is 0. The summed E-state index contributed by atoms with van der Waals surface area (Å²) in [6, 6.07) is 7.44. The van der Waals surface area contributed by atoms with Gasteiger partial charge in [-0.15, -0.1) is 12.3 Å². The molecular weight excluding hydrogens is 304 g/mol. The minimum atomic E-state index is -0.361. The predicted molar refractivity (Wildman–Crippen MR) is 88.2 cm³/mol. The molecule has 3 rings (SSSR count). The zero-order valence-corrected chi connectivity index (χ0v) is 13.2. The zero-order valence-electron chi connectivity index (χ0n) is 13.2. The summed E-state index contributed by atoms with van der Waals surface area (Å²) in [6.45, 7) is 0.524. The molecule has 7 heteroatoms. The first-order valence-corrected chi connectivity index (χ1v) is 7.80. The van der Waals surface area contributed by atoms with Gasteiger partial charge in [0.1, 0.15) is 12.2 Å². The van der Waals surface area contributed by atoms with Crippen molar-refractivity contribution in [1.82, 2.24) is 20.5 Å². The van der Waals surface area contributed by atoms with E-state index in [1.807, 2.05) is 12.1 Å². The van der Waals surface area contributed by atoms with Crippen LogP contribution >= 0.6 is 0 Å². The van der Waals surface area contributed by atoms with Crippen LogP contribution in [0.15, 0.2) is 40.8 Å². The Morgan fingerprint density at radius 1 is 1.25 bits per heavy atom. The van der Waals surface area contributed by atoms with E-state index in [0.29, 0.717) is 31.4 Å². The summed E-state index contributed by atoms with van der Waals surface area (Å²) in [7, 11) is 0. The Labute approximate surface area is 140 Å². The van der Waals surface area contributed by atoms with Crippen molar-refractivity contribution in [3.8, 4) is 12.3 Å². The van der Waals surface area contributed by atoms with Gasteiger partial charge in [0.25, 0.3) is 5.91 Å². The fourth-order valence-electron chi connectivity index (χ4n) is 2.43. The number of carbonyl (C=O) groups excluding carboxylic acids is 1. The van der Waals surface area contributed by atoms with E-state index >= 15 is 0 Å². The van der Waals surface area contributed by atoms with E-state index in [9.17, 15) is 4.79 Å². The Morgan fingerprint density at radius 3 is 2.67 bits per heavy atom. The number of terminal acetylenes is 1. The quantitative estimate of drug-likeness (QED) is 0.728. The number of aromatic nitrogens is 3. The van der Waals surface area contributed by atoms with Crippen molar-refractivity contribution in [3.05, 3.63) is 47.5 Å². The lowest BCUT2D eigenvalue weighted by Crippen LogP contribution is -2.28. The third-order valence-corrected chi connectivity index (χ3v) is 3.92. The van der Waals surface area contributed by atoms with Gasteiger partial charge < -0.3 is 5.32 Å². The molecule has 7 nitrogen and oxygen atoms in total. The molecule has 0 spiro atoms. The van der Waals surface area contributed by atoms with Gasteiger partial charge in [0.2, 0.25) is 0 Å². The van der Waals surface area contributed by atoms with Crippen LogP contribution in [0, 0.1) is 12.3 Å². The molecule has 0 aliphatic carbocycles. The van der Waals surface area contributed by atoms with Crippen molar-refractivity contribution < 1.29 is 4.79 Å². The van der Waals surface area contributed by atoms with Crippen LogP contribution in [0.3, 0.4) is 0 Å². The molecule has 1 aliphatic rings. The highest BCUT2D eigenvalue weighted by molar-refractivity contribution is 5.94. The van der Waals surface area contributed by atoms with Crippen LogP contribution in [-0.2, 0) is 6.42 Å². The SMILES string of the molecule is C#CCCC1(CCNC(=O)c2ccc(Cc3ncn[nH]3)cc2)N=N1. The molecule has 2 aromatic rings. The monoisotopic (exact) mass is 322 g/mol. The summed E-state index contributed by atoms with van der Waals surface area (Å²) in [6.07, 6.45) is 9.47. The number of aromatic amines is 1. The summed E-state index contributed by atoms with van der Waals surface area (Å²) in [5.41, 5.74) is 1.33. The number of hydrogen-bond donors (Lipinski definition) is 2. The summed E-state index contributed by atoms with van der Waals surface area (Å²) in [4.78, 5) is 16.2. The molecule has 1 aliphatic heterocycles. The van der Waals surface area contributed by atoms with E-state index in [1.54, 1.807) is 12.1 Å². The number of carbonyl (C=O) groups is 1. The standard InChI is InChI=1S/C17H18N6O/c1-2-3-8-17(22-23-17)9-10-18-16(24)14-6-4-13(5-7-14)11-15-19-12-20-21-15/h1,4-7,12H,3,8-11H2,(H,18,24)(H,19,20,21). The summed E-state index contributed by atoms with van der Waals surface area (Å²) >= 11 is 0.